The Morgan fingerprint density at radius 1 is 1.08 bits per heavy atom. The van der Waals surface area contributed by atoms with Gasteiger partial charge in [-0.25, -0.2) is 0 Å². The molecule has 1 fully saturated rings. The van der Waals surface area contributed by atoms with E-state index in [9.17, 15) is 4.79 Å². The van der Waals surface area contributed by atoms with Gasteiger partial charge in [0.1, 0.15) is 0 Å². The zero-order valence-electron chi connectivity index (χ0n) is 13.5. The maximum absolute atomic E-state index is 12.1. The molecule has 1 heterocycles. The second-order valence-corrected chi connectivity index (χ2v) is 6.33. The number of carbonyl (C=O) groups excluding carboxylic acids is 1. The Morgan fingerprint density at radius 2 is 1.79 bits per heavy atom. The maximum atomic E-state index is 12.1. The smallest absolute Gasteiger partial charge is 0.251 e. The van der Waals surface area contributed by atoms with Crippen LogP contribution in [0, 0.1) is 0 Å². The number of halogens is 1. The first-order valence-corrected chi connectivity index (χ1v) is 8.50. The first-order valence-electron chi connectivity index (χ1n) is 8.12. The molecule has 2 aromatic carbocycles. The average molecular weight is 345 g/mol. The molecule has 0 saturated carbocycles. The van der Waals surface area contributed by atoms with Gasteiger partial charge in [0, 0.05) is 36.8 Å². The number of morpholine rings is 1. The largest absolute Gasteiger partial charge is 0.379 e. The highest BCUT2D eigenvalue weighted by atomic mass is 35.5. The van der Waals surface area contributed by atoms with Crippen molar-refractivity contribution < 1.29 is 9.53 Å². The van der Waals surface area contributed by atoms with Crippen LogP contribution in [0.25, 0.3) is 0 Å². The lowest BCUT2D eigenvalue weighted by Crippen LogP contribution is -2.35. The minimum Gasteiger partial charge on any atom is -0.379 e. The van der Waals surface area contributed by atoms with Gasteiger partial charge in [-0.15, -0.1) is 0 Å². The lowest BCUT2D eigenvalue weighted by atomic mass is 10.1. The van der Waals surface area contributed by atoms with E-state index in [1.165, 1.54) is 5.56 Å². The van der Waals surface area contributed by atoms with Crippen LogP contribution in [0.15, 0.2) is 48.5 Å². The first-order chi connectivity index (χ1) is 11.7. The molecule has 1 saturated heterocycles. The number of rotatable bonds is 5. The van der Waals surface area contributed by atoms with Gasteiger partial charge in [0.2, 0.25) is 0 Å². The molecule has 1 amide bonds. The van der Waals surface area contributed by atoms with Crippen molar-refractivity contribution in [3.05, 3.63) is 70.2 Å². The Bertz CT molecular complexity index is 682. The molecule has 2 aromatic rings. The number of carbonyl (C=O) groups is 1. The minimum atomic E-state index is -0.116. The van der Waals surface area contributed by atoms with Gasteiger partial charge in [0.15, 0.2) is 0 Å². The van der Waals surface area contributed by atoms with Crippen LogP contribution in [0.3, 0.4) is 0 Å². The van der Waals surface area contributed by atoms with Gasteiger partial charge < -0.3 is 10.1 Å². The summed E-state index contributed by atoms with van der Waals surface area (Å²) in [5, 5.41) is 3.48. The Kier molecular flexibility index (Phi) is 5.86. The lowest BCUT2D eigenvalue weighted by molar-refractivity contribution is 0.0342. The summed E-state index contributed by atoms with van der Waals surface area (Å²) in [5.41, 5.74) is 2.93. The third kappa shape index (κ3) is 4.81. The van der Waals surface area contributed by atoms with Gasteiger partial charge in [0.05, 0.1) is 13.2 Å². The van der Waals surface area contributed by atoms with E-state index in [4.69, 9.17) is 16.3 Å². The molecule has 0 aliphatic carbocycles. The molecule has 0 aromatic heterocycles. The Labute approximate surface area is 147 Å². The van der Waals surface area contributed by atoms with Crippen LogP contribution in [0.4, 0.5) is 0 Å². The SMILES string of the molecule is O=C(NCc1ccc(CN2CCOCC2)cc1)c1cccc(Cl)c1. The Morgan fingerprint density at radius 3 is 2.50 bits per heavy atom. The van der Waals surface area contributed by atoms with Gasteiger partial charge in [-0.3, -0.25) is 9.69 Å². The van der Waals surface area contributed by atoms with Gasteiger partial charge in [-0.05, 0) is 29.3 Å². The number of amides is 1. The molecule has 24 heavy (non-hydrogen) atoms. The van der Waals surface area contributed by atoms with Crippen LogP contribution >= 0.6 is 11.6 Å². The average Bonchev–Trinajstić information content (AvgIpc) is 2.62. The van der Waals surface area contributed by atoms with Crippen LogP contribution in [0.5, 0.6) is 0 Å². The fourth-order valence-electron chi connectivity index (χ4n) is 2.69. The normalized spacial score (nSPS) is 15.2. The third-order valence-electron chi connectivity index (χ3n) is 4.07. The van der Waals surface area contributed by atoms with Crippen molar-refractivity contribution in [2.75, 3.05) is 26.3 Å². The van der Waals surface area contributed by atoms with Crippen LogP contribution in [-0.4, -0.2) is 37.1 Å². The third-order valence-corrected chi connectivity index (χ3v) is 4.31. The van der Waals surface area contributed by atoms with Crippen molar-refractivity contribution in [2.45, 2.75) is 13.1 Å². The van der Waals surface area contributed by atoms with Crippen molar-refractivity contribution in [1.82, 2.24) is 10.2 Å². The molecule has 4 nitrogen and oxygen atoms in total. The predicted octanol–water partition coefficient (Wildman–Crippen LogP) is 3.10. The van der Waals surface area contributed by atoms with E-state index in [0.29, 0.717) is 17.1 Å². The number of hydrogen-bond donors (Lipinski definition) is 1. The second-order valence-electron chi connectivity index (χ2n) is 5.90. The number of benzene rings is 2. The molecule has 1 aliphatic heterocycles. The number of nitrogens with one attached hydrogen (secondary N) is 1. The maximum Gasteiger partial charge on any atom is 0.251 e. The predicted molar refractivity (Wildman–Crippen MR) is 95.2 cm³/mol. The Hall–Kier alpha value is -1.88. The Balaban J connectivity index is 1.51. The van der Waals surface area contributed by atoms with E-state index >= 15 is 0 Å². The molecule has 126 valence electrons. The highest BCUT2D eigenvalue weighted by Crippen LogP contribution is 2.12. The summed E-state index contributed by atoms with van der Waals surface area (Å²) in [4.78, 5) is 14.5. The van der Waals surface area contributed by atoms with E-state index in [2.05, 4.69) is 34.5 Å². The molecule has 0 radical (unpaired) electrons. The summed E-state index contributed by atoms with van der Waals surface area (Å²) in [5.74, 6) is -0.116. The zero-order valence-corrected chi connectivity index (χ0v) is 14.3. The van der Waals surface area contributed by atoms with Crippen LogP contribution in [-0.2, 0) is 17.8 Å². The molecule has 3 rings (SSSR count). The highest BCUT2D eigenvalue weighted by Gasteiger charge is 2.10. The monoisotopic (exact) mass is 344 g/mol. The molecule has 0 atom stereocenters. The lowest BCUT2D eigenvalue weighted by Gasteiger charge is -2.26. The minimum absolute atomic E-state index is 0.116. The number of hydrogen-bond acceptors (Lipinski definition) is 3. The number of ether oxygens (including phenoxy) is 1. The zero-order chi connectivity index (χ0) is 16.8. The van der Waals surface area contributed by atoms with E-state index in [1.807, 2.05) is 0 Å². The van der Waals surface area contributed by atoms with Crippen molar-refractivity contribution in [1.29, 1.82) is 0 Å². The summed E-state index contributed by atoms with van der Waals surface area (Å²) in [6.45, 7) is 5.04. The van der Waals surface area contributed by atoms with Gasteiger partial charge in [-0.1, -0.05) is 41.9 Å². The molecular weight excluding hydrogens is 324 g/mol. The van der Waals surface area contributed by atoms with Gasteiger partial charge in [0.25, 0.3) is 5.91 Å². The summed E-state index contributed by atoms with van der Waals surface area (Å²) < 4.78 is 5.36. The van der Waals surface area contributed by atoms with E-state index in [-0.39, 0.29) is 5.91 Å². The van der Waals surface area contributed by atoms with Crippen molar-refractivity contribution in [2.24, 2.45) is 0 Å². The van der Waals surface area contributed by atoms with Crippen LogP contribution in [0.1, 0.15) is 21.5 Å². The fourth-order valence-corrected chi connectivity index (χ4v) is 2.88. The first kappa shape index (κ1) is 17.0. The van der Waals surface area contributed by atoms with Crippen LogP contribution < -0.4 is 5.32 Å². The molecule has 1 aliphatic rings. The second kappa shape index (κ2) is 8.29. The van der Waals surface area contributed by atoms with Crippen molar-refractivity contribution in [3.8, 4) is 0 Å². The van der Waals surface area contributed by atoms with Gasteiger partial charge in [-0.2, -0.15) is 0 Å². The standard InChI is InChI=1S/C19H21ClN2O2/c20-18-3-1-2-17(12-18)19(23)21-13-15-4-6-16(7-5-15)14-22-8-10-24-11-9-22/h1-7,12H,8-11,13-14H2,(H,21,23). The topological polar surface area (TPSA) is 41.6 Å². The summed E-state index contributed by atoms with van der Waals surface area (Å²) in [7, 11) is 0. The van der Waals surface area contributed by atoms with E-state index in [1.54, 1.807) is 24.3 Å². The van der Waals surface area contributed by atoms with Gasteiger partial charge >= 0.3 is 0 Å². The summed E-state index contributed by atoms with van der Waals surface area (Å²) in [6, 6.07) is 15.3. The fraction of sp³-hybridized carbons (Fsp3) is 0.316. The molecular formula is C19H21ClN2O2. The van der Waals surface area contributed by atoms with E-state index < -0.39 is 0 Å². The molecule has 5 heteroatoms. The van der Waals surface area contributed by atoms with Crippen molar-refractivity contribution in [3.63, 3.8) is 0 Å². The molecule has 1 N–H and O–H groups in total. The summed E-state index contributed by atoms with van der Waals surface area (Å²) >= 11 is 5.91. The van der Waals surface area contributed by atoms with Crippen molar-refractivity contribution >= 4 is 17.5 Å². The molecule has 0 bridgehead atoms. The van der Waals surface area contributed by atoms with E-state index in [0.717, 1.165) is 38.4 Å². The summed E-state index contributed by atoms with van der Waals surface area (Å²) in [6.07, 6.45) is 0. The molecule has 0 unspecified atom stereocenters. The van der Waals surface area contributed by atoms with Crippen LogP contribution in [0.2, 0.25) is 5.02 Å². The quantitative estimate of drug-likeness (QED) is 0.906. The number of nitrogens with zero attached hydrogens (tertiary/aromatic N) is 1. The highest BCUT2D eigenvalue weighted by molar-refractivity contribution is 6.30. The molecule has 0 spiro atoms.